The Balaban J connectivity index is 2.25. The van der Waals surface area contributed by atoms with E-state index in [2.05, 4.69) is 22.5 Å². The molecule has 0 saturated heterocycles. The first kappa shape index (κ1) is 14.6. The molecule has 1 atom stereocenters. The normalized spacial score (nSPS) is 12.2. The van der Waals surface area contributed by atoms with E-state index in [0.717, 1.165) is 18.4 Å². The van der Waals surface area contributed by atoms with Crippen LogP contribution in [-0.4, -0.2) is 23.5 Å². The van der Waals surface area contributed by atoms with Gasteiger partial charge in [0.05, 0.1) is 6.54 Å². The molecule has 1 aromatic rings. The average Bonchev–Trinajstić information content (AvgIpc) is 2.31. The monoisotopic (exact) mass is 249 g/mol. The van der Waals surface area contributed by atoms with Crippen LogP contribution in [0, 0.1) is 6.92 Å². The fourth-order valence-electron chi connectivity index (χ4n) is 1.84. The van der Waals surface area contributed by atoms with Crippen molar-refractivity contribution in [3.63, 3.8) is 0 Å². The van der Waals surface area contributed by atoms with Gasteiger partial charge in [-0.2, -0.15) is 0 Å². The summed E-state index contributed by atoms with van der Waals surface area (Å²) in [5.74, 6) is 0.0580. The Bertz CT molecular complexity index is 379. The van der Waals surface area contributed by atoms with Gasteiger partial charge in [-0.05, 0) is 37.5 Å². The first-order chi connectivity index (χ1) is 8.63. The van der Waals surface area contributed by atoms with Crippen molar-refractivity contribution < 1.29 is 4.79 Å². The molecule has 100 valence electrons. The SMILES string of the molecule is CCCC(C)NC(=O)CNCc1ccncc1C. The van der Waals surface area contributed by atoms with Crippen LogP contribution in [-0.2, 0) is 11.3 Å². The minimum Gasteiger partial charge on any atom is -0.353 e. The molecule has 1 rings (SSSR count). The predicted octanol–water partition coefficient (Wildman–Crippen LogP) is 1.78. The number of nitrogens with one attached hydrogen (secondary N) is 2. The van der Waals surface area contributed by atoms with Gasteiger partial charge in [0.15, 0.2) is 0 Å². The standard InChI is InChI=1S/C14H23N3O/c1-4-5-12(3)17-14(18)10-16-9-13-6-7-15-8-11(13)2/h6-8,12,16H,4-5,9-10H2,1-3H3,(H,17,18). The zero-order valence-electron chi connectivity index (χ0n) is 11.5. The summed E-state index contributed by atoms with van der Waals surface area (Å²) in [6.07, 6.45) is 5.72. The number of aromatic nitrogens is 1. The Labute approximate surface area is 109 Å². The molecule has 0 fully saturated rings. The molecule has 0 bridgehead atoms. The van der Waals surface area contributed by atoms with Gasteiger partial charge >= 0.3 is 0 Å². The first-order valence-corrected chi connectivity index (χ1v) is 6.53. The zero-order valence-corrected chi connectivity index (χ0v) is 11.5. The maximum absolute atomic E-state index is 11.6. The molecule has 0 radical (unpaired) electrons. The second-order valence-corrected chi connectivity index (χ2v) is 4.66. The van der Waals surface area contributed by atoms with Crippen molar-refractivity contribution in [3.8, 4) is 0 Å². The van der Waals surface area contributed by atoms with Crippen molar-refractivity contribution >= 4 is 5.91 Å². The van der Waals surface area contributed by atoms with E-state index in [1.165, 1.54) is 5.56 Å². The Hall–Kier alpha value is -1.42. The molecule has 0 aromatic carbocycles. The number of amides is 1. The van der Waals surface area contributed by atoms with Crippen LogP contribution in [0.15, 0.2) is 18.5 Å². The van der Waals surface area contributed by atoms with Gasteiger partial charge in [0.2, 0.25) is 5.91 Å². The minimum absolute atomic E-state index is 0.0580. The van der Waals surface area contributed by atoms with Gasteiger partial charge in [-0.15, -0.1) is 0 Å². The lowest BCUT2D eigenvalue weighted by Crippen LogP contribution is -2.38. The summed E-state index contributed by atoms with van der Waals surface area (Å²) in [5, 5.41) is 6.12. The molecule has 4 nitrogen and oxygen atoms in total. The van der Waals surface area contributed by atoms with E-state index in [1.807, 2.05) is 26.1 Å². The summed E-state index contributed by atoms with van der Waals surface area (Å²) in [4.78, 5) is 15.7. The van der Waals surface area contributed by atoms with Crippen LogP contribution in [0.4, 0.5) is 0 Å². The highest BCUT2D eigenvalue weighted by Gasteiger charge is 2.06. The molecule has 0 aliphatic rings. The molecule has 0 aliphatic carbocycles. The van der Waals surface area contributed by atoms with Crippen molar-refractivity contribution in [2.24, 2.45) is 0 Å². The number of carbonyl (C=O) groups is 1. The molecule has 1 amide bonds. The van der Waals surface area contributed by atoms with Crippen molar-refractivity contribution in [1.82, 2.24) is 15.6 Å². The molecule has 0 spiro atoms. The van der Waals surface area contributed by atoms with Crippen LogP contribution >= 0.6 is 0 Å². The molecular formula is C14H23N3O. The van der Waals surface area contributed by atoms with Crippen LogP contribution in [0.25, 0.3) is 0 Å². The molecule has 2 N–H and O–H groups in total. The van der Waals surface area contributed by atoms with Crippen LogP contribution < -0.4 is 10.6 Å². The fraction of sp³-hybridized carbons (Fsp3) is 0.571. The number of pyridine rings is 1. The molecule has 1 aromatic heterocycles. The number of rotatable bonds is 7. The summed E-state index contributed by atoms with van der Waals surface area (Å²) in [7, 11) is 0. The maximum atomic E-state index is 11.6. The number of carbonyl (C=O) groups excluding carboxylic acids is 1. The number of hydrogen-bond donors (Lipinski definition) is 2. The lowest BCUT2D eigenvalue weighted by molar-refractivity contribution is -0.120. The van der Waals surface area contributed by atoms with Gasteiger partial charge in [0.25, 0.3) is 0 Å². The highest BCUT2D eigenvalue weighted by atomic mass is 16.1. The largest absolute Gasteiger partial charge is 0.353 e. The topological polar surface area (TPSA) is 54.0 Å². The lowest BCUT2D eigenvalue weighted by Gasteiger charge is -2.13. The smallest absolute Gasteiger partial charge is 0.234 e. The summed E-state index contributed by atoms with van der Waals surface area (Å²) in [5.41, 5.74) is 2.32. The molecule has 18 heavy (non-hydrogen) atoms. The van der Waals surface area contributed by atoms with Crippen molar-refractivity contribution in [1.29, 1.82) is 0 Å². The quantitative estimate of drug-likeness (QED) is 0.774. The molecular weight excluding hydrogens is 226 g/mol. The molecule has 1 heterocycles. The van der Waals surface area contributed by atoms with E-state index in [9.17, 15) is 4.79 Å². The summed E-state index contributed by atoms with van der Waals surface area (Å²) >= 11 is 0. The van der Waals surface area contributed by atoms with E-state index in [1.54, 1.807) is 6.20 Å². The van der Waals surface area contributed by atoms with Gasteiger partial charge < -0.3 is 10.6 Å². The van der Waals surface area contributed by atoms with Gasteiger partial charge in [-0.25, -0.2) is 0 Å². The predicted molar refractivity (Wildman–Crippen MR) is 73.2 cm³/mol. The van der Waals surface area contributed by atoms with Crippen LogP contribution in [0.3, 0.4) is 0 Å². The van der Waals surface area contributed by atoms with Crippen LogP contribution in [0.2, 0.25) is 0 Å². The lowest BCUT2D eigenvalue weighted by atomic mass is 10.1. The van der Waals surface area contributed by atoms with Crippen LogP contribution in [0.1, 0.15) is 37.8 Å². The number of nitrogens with zero attached hydrogens (tertiary/aromatic N) is 1. The second kappa shape index (κ2) is 7.82. The Morgan fingerprint density at radius 1 is 1.50 bits per heavy atom. The third-order valence-corrected chi connectivity index (χ3v) is 2.87. The van der Waals surface area contributed by atoms with Gasteiger partial charge in [0, 0.05) is 25.0 Å². The number of hydrogen-bond acceptors (Lipinski definition) is 3. The van der Waals surface area contributed by atoms with Crippen molar-refractivity contribution in [2.75, 3.05) is 6.54 Å². The van der Waals surface area contributed by atoms with Crippen molar-refractivity contribution in [2.45, 2.75) is 46.2 Å². The van der Waals surface area contributed by atoms with E-state index >= 15 is 0 Å². The average molecular weight is 249 g/mol. The summed E-state index contributed by atoms with van der Waals surface area (Å²) in [6, 6.07) is 2.23. The van der Waals surface area contributed by atoms with E-state index in [-0.39, 0.29) is 11.9 Å². The number of aryl methyl sites for hydroxylation is 1. The highest BCUT2D eigenvalue weighted by molar-refractivity contribution is 5.78. The Morgan fingerprint density at radius 2 is 2.28 bits per heavy atom. The first-order valence-electron chi connectivity index (χ1n) is 6.53. The third kappa shape index (κ3) is 5.27. The molecule has 0 saturated carbocycles. The van der Waals surface area contributed by atoms with Crippen molar-refractivity contribution in [3.05, 3.63) is 29.6 Å². The summed E-state index contributed by atoms with van der Waals surface area (Å²) in [6.45, 7) is 7.23. The Morgan fingerprint density at radius 3 is 2.94 bits per heavy atom. The maximum Gasteiger partial charge on any atom is 0.234 e. The molecule has 1 unspecified atom stereocenters. The highest BCUT2D eigenvalue weighted by Crippen LogP contribution is 2.03. The van der Waals surface area contributed by atoms with Gasteiger partial charge in [-0.1, -0.05) is 13.3 Å². The molecule has 0 aliphatic heterocycles. The third-order valence-electron chi connectivity index (χ3n) is 2.87. The van der Waals surface area contributed by atoms with E-state index in [4.69, 9.17) is 0 Å². The van der Waals surface area contributed by atoms with E-state index < -0.39 is 0 Å². The van der Waals surface area contributed by atoms with Gasteiger partial charge in [0.1, 0.15) is 0 Å². The summed E-state index contributed by atoms with van der Waals surface area (Å²) < 4.78 is 0. The fourth-order valence-corrected chi connectivity index (χ4v) is 1.84. The second-order valence-electron chi connectivity index (χ2n) is 4.66. The Kier molecular flexibility index (Phi) is 6.36. The zero-order chi connectivity index (χ0) is 13.4. The van der Waals surface area contributed by atoms with Crippen LogP contribution in [0.5, 0.6) is 0 Å². The van der Waals surface area contributed by atoms with E-state index in [0.29, 0.717) is 13.1 Å². The molecule has 4 heteroatoms. The minimum atomic E-state index is 0.0580. The van der Waals surface area contributed by atoms with Gasteiger partial charge in [-0.3, -0.25) is 9.78 Å².